The summed E-state index contributed by atoms with van der Waals surface area (Å²) in [4.78, 5) is 40.8. The largest absolute Gasteiger partial charge is 0.444 e. The van der Waals surface area contributed by atoms with Gasteiger partial charge in [-0.1, -0.05) is 0 Å². The predicted octanol–water partition coefficient (Wildman–Crippen LogP) is 4.06. The van der Waals surface area contributed by atoms with Crippen molar-refractivity contribution in [3.8, 4) is 0 Å². The fourth-order valence-electron chi connectivity index (χ4n) is 3.56. The lowest BCUT2D eigenvalue weighted by molar-refractivity contribution is 0.0358. The molecule has 0 saturated carbocycles. The van der Waals surface area contributed by atoms with Gasteiger partial charge in [0.1, 0.15) is 11.4 Å². The molecule has 4 rings (SSSR count). The number of carbonyl (C=O) groups excluding carboxylic acids is 2. The SMILES string of the molecule is Cc1cc2nc(N[C@@H](C)c3cncc(F)c3)nc(C(=O)N3CC(NC(=O)OC(C)(C)C)C3)c2s1. The molecular formula is C23H27FN6O3S. The van der Waals surface area contributed by atoms with Crippen LogP contribution >= 0.6 is 11.3 Å². The van der Waals surface area contributed by atoms with Gasteiger partial charge in [-0.25, -0.2) is 19.2 Å². The Labute approximate surface area is 200 Å². The number of ether oxygens (including phenoxy) is 1. The van der Waals surface area contributed by atoms with E-state index >= 15 is 0 Å². The van der Waals surface area contributed by atoms with E-state index in [2.05, 4.69) is 25.6 Å². The normalized spacial score (nSPS) is 15.1. The van der Waals surface area contributed by atoms with Crippen LogP contribution in [0.5, 0.6) is 0 Å². The Balaban J connectivity index is 1.50. The molecule has 0 spiro atoms. The summed E-state index contributed by atoms with van der Waals surface area (Å²) in [6, 6.07) is 2.79. The maximum Gasteiger partial charge on any atom is 0.407 e. The molecule has 0 bridgehead atoms. The summed E-state index contributed by atoms with van der Waals surface area (Å²) < 4.78 is 19.5. The van der Waals surface area contributed by atoms with Crippen molar-refractivity contribution in [2.45, 2.75) is 52.3 Å². The lowest BCUT2D eigenvalue weighted by atomic mass is 10.1. The van der Waals surface area contributed by atoms with Gasteiger partial charge in [0.15, 0.2) is 5.69 Å². The highest BCUT2D eigenvalue weighted by molar-refractivity contribution is 7.19. The number of aromatic nitrogens is 3. The van der Waals surface area contributed by atoms with E-state index in [1.807, 2.05) is 19.9 Å². The Hall–Kier alpha value is -3.34. The van der Waals surface area contributed by atoms with Gasteiger partial charge in [0, 0.05) is 24.2 Å². The van der Waals surface area contributed by atoms with Crippen LogP contribution in [0.2, 0.25) is 0 Å². The molecule has 1 atom stereocenters. The minimum atomic E-state index is -0.588. The number of pyridine rings is 1. The second-order valence-corrected chi connectivity index (χ2v) is 10.6. The van der Waals surface area contributed by atoms with Crippen molar-refractivity contribution in [1.82, 2.24) is 25.2 Å². The maximum atomic E-state index is 13.6. The van der Waals surface area contributed by atoms with Crippen LogP contribution < -0.4 is 10.6 Å². The summed E-state index contributed by atoms with van der Waals surface area (Å²) in [5.74, 6) is -0.395. The monoisotopic (exact) mass is 486 g/mol. The molecule has 0 aromatic carbocycles. The van der Waals surface area contributed by atoms with Gasteiger partial charge in [-0.05, 0) is 52.3 Å². The van der Waals surface area contributed by atoms with E-state index in [1.165, 1.54) is 17.4 Å². The molecule has 1 saturated heterocycles. The Kier molecular flexibility index (Phi) is 6.39. The highest BCUT2D eigenvalue weighted by Crippen LogP contribution is 2.30. The van der Waals surface area contributed by atoms with E-state index in [0.717, 1.165) is 11.1 Å². The average Bonchev–Trinajstić information content (AvgIpc) is 3.08. The van der Waals surface area contributed by atoms with Crippen LogP contribution in [0.4, 0.5) is 15.1 Å². The number of carbonyl (C=O) groups is 2. The number of rotatable bonds is 5. The van der Waals surface area contributed by atoms with Gasteiger partial charge in [0.05, 0.1) is 28.5 Å². The summed E-state index contributed by atoms with van der Waals surface area (Å²) in [5.41, 5.74) is 1.01. The van der Waals surface area contributed by atoms with Gasteiger partial charge < -0.3 is 20.3 Å². The Morgan fingerprint density at radius 3 is 2.65 bits per heavy atom. The molecule has 3 aromatic rings. The van der Waals surface area contributed by atoms with Crippen molar-refractivity contribution < 1.29 is 18.7 Å². The molecule has 2 N–H and O–H groups in total. The number of thiophene rings is 1. The molecule has 1 aliphatic rings. The zero-order valence-electron chi connectivity index (χ0n) is 19.7. The number of fused-ring (bicyclic) bond motifs is 1. The standard InChI is InChI=1S/C23H27FN6O3S/c1-12-6-17-19(34-12)18(20(31)30-10-16(11-30)27-22(32)33-23(3,4)5)29-21(28-17)26-13(2)14-7-15(24)9-25-8-14/h6-9,13,16H,10-11H2,1-5H3,(H,27,32)(H,26,28,29)/t13-/m0/s1. The van der Waals surface area contributed by atoms with Crippen LogP contribution in [0.3, 0.4) is 0 Å². The third kappa shape index (κ3) is 5.41. The number of likely N-dealkylation sites (tertiary alicyclic amines) is 1. The highest BCUT2D eigenvalue weighted by atomic mass is 32.1. The lowest BCUT2D eigenvalue weighted by Gasteiger charge is -2.39. The van der Waals surface area contributed by atoms with E-state index in [-0.39, 0.29) is 23.9 Å². The molecule has 0 radical (unpaired) electrons. The third-order valence-electron chi connectivity index (χ3n) is 5.16. The predicted molar refractivity (Wildman–Crippen MR) is 127 cm³/mol. The van der Waals surface area contributed by atoms with Crippen LogP contribution in [0.15, 0.2) is 24.5 Å². The maximum absolute atomic E-state index is 13.6. The molecule has 2 amide bonds. The quantitative estimate of drug-likeness (QED) is 0.560. The van der Waals surface area contributed by atoms with Gasteiger partial charge in [-0.3, -0.25) is 9.78 Å². The number of nitrogens with zero attached hydrogens (tertiary/aromatic N) is 4. The molecule has 11 heteroatoms. The topological polar surface area (TPSA) is 109 Å². The van der Waals surface area contributed by atoms with Gasteiger partial charge in [-0.2, -0.15) is 0 Å². The fraction of sp³-hybridized carbons (Fsp3) is 0.435. The summed E-state index contributed by atoms with van der Waals surface area (Å²) >= 11 is 1.45. The van der Waals surface area contributed by atoms with Crippen molar-refractivity contribution in [3.63, 3.8) is 0 Å². The number of halogens is 1. The molecule has 180 valence electrons. The van der Waals surface area contributed by atoms with Gasteiger partial charge in [0.2, 0.25) is 5.95 Å². The molecule has 1 fully saturated rings. The van der Waals surface area contributed by atoms with Crippen molar-refractivity contribution in [2.24, 2.45) is 0 Å². The van der Waals surface area contributed by atoms with Crippen LogP contribution in [0.25, 0.3) is 10.2 Å². The lowest BCUT2D eigenvalue weighted by Crippen LogP contribution is -2.61. The Morgan fingerprint density at radius 1 is 1.24 bits per heavy atom. The molecule has 4 heterocycles. The van der Waals surface area contributed by atoms with E-state index in [9.17, 15) is 14.0 Å². The molecule has 1 aliphatic heterocycles. The van der Waals surface area contributed by atoms with Crippen molar-refractivity contribution >= 4 is 39.5 Å². The minimum absolute atomic E-state index is 0.181. The third-order valence-corrected chi connectivity index (χ3v) is 6.21. The zero-order valence-corrected chi connectivity index (χ0v) is 20.5. The minimum Gasteiger partial charge on any atom is -0.444 e. The van der Waals surface area contributed by atoms with Crippen LogP contribution in [-0.4, -0.2) is 56.6 Å². The summed E-state index contributed by atoms with van der Waals surface area (Å²) in [7, 11) is 0. The summed E-state index contributed by atoms with van der Waals surface area (Å²) in [6.45, 7) is 9.90. The van der Waals surface area contributed by atoms with Gasteiger partial charge in [-0.15, -0.1) is 11.3 Å². The summed E-state index contributed by atoms with van der Waals surface area (Å²) in [5, 5.41) is 5.92. The van der Waals surface area contributed by atoms with Gasteiger partial charge in [0.25, 0.3) is 5.91 Å². The molecule has 9 nitrogen and oxygen atoms in total. The Morgan fingerprint density at radius 2 is 1.97 bits per heavy atom. The number of aryl methyl sites for hydroxylation is 1. The Bertz CT molecular complexity index is 1240. The molecule has 34 heavy (non-hydrogen) atoms. The number of anilines is 1. The second kappa shape index (κ2) is 9.13. The van der Waals surface area contributed by atoms with Crippen LogP contribution in [-0.2, 0) is 4.74 Å². The van der Waals surface area contributed by atoms with Crippen molar-refractivity contribution in [1.29, 1.82) is 0 Å². The molecule has 3 aromatic heterocycles. The van der Waals surface area contributed by atoms with E-state index < -0.39 is 17.5 Å². The average molecular weight is 487 g/mol. The molecule has 0 unspecified atom stereocenters. The number of hydrogen-bond donors (Lipinski definition) is 2. The van der Waals surface area contributed by atoms with E-state index in [4.69, 9.17) is 4.74 Å². The molecule has 0 aliphatic carbocycles. The number of amides is 2. The number of nitrogens with one attached hydrogen (secondary N) is 2. The van der Waals surface area contributed by atoms with Gasteiger partial charge >= 0.3 is 6.09 Å². The van der Waals surface area contributed by atoms with Crippen molar-refractivity contribution in [3.05, 3.63) is 46.5 Å². The first-order chi connectivity index (χ1) is 16.0. The zero-order chi connectivity index (χ0) is 24.6. The highest BCUT2D eigenvalue weighted by Gasteiger charge is 2.35. The van der Waals surface area contributed by atoms with E-state index in [0.29, 0.717) is 34.6 Å². The van der Waals surface area contributed by atoms with Crippen LogP contribution in [0.1, 0.15) is 54.7 Å². The number of alkyl carbamates (subject to hydrolysis) is 1. The van der Waals surface area contributed by atoms with Crippen LogP contribution in [0, 0.1) is 12.7 Å². The molecular weight excluding hydrogens is 459 g/mol. The second-order valence-electron chi connectivity index (χ2n) is 9.32. The first kappa shape index (κ1) is 23.8. The smallest absolute Gasteiger partial charge is 0.407 e. The first-order valence-corrected chi connectivity index (χ1v) is 11.7. The number of hydrogen-bond acceptors (Lipinski definition) is 8. The summed E-state index contributed by atoms with van der Waals surface area (Å²) in [6.07, 6.45) is 2.20. The first-order valence-electron chi connectivity index (χ1n) is 10.9. The fourth-order valence-corrected chi connectivity index (χ4v) is 4.49. The van der Waals surface area contributed by atoms with E-state index in [1.54, 1.807) is 31.9 Å². The van der Waals surface area contributed by atoms with Crippen molar-refractivity contribution in [2.75, 3.05) is 18.4 Å².